The van der Waals surface area contributed by atoms with Crippen LogP contribution in [0.5, 0.6) is 0 Å². The lowest BCUT2D eigenvalue weighted by Gasteiger charge is -2.22. The molecule has 0 saturated heterocycles. The third-order valence-electron chi connectivity index (χ3n) is 4.52. The number of halogens is 5. The molecule has 0 aliphatic carbocycles. The van der Waals surface area contributed by atoms with Gasteiger partial charge in [0.1, 0.15) is 11.4 Å². The van der Waals surface area contributed by atoms with Gasteiger partial charge in [0.15, 0.2) is 6.10 Å². The molecule has 0 unspecified atom stereocenters. The number of aromatic nitrogens is 2. The van der Waals surface area contributed by atoms with Crippen LogP contribution in [0.3, 0.4) is 0 Å². The highest BCUT2D eigenvalue weighted by atomic mass is 35.5. The van der Waals surface area contributed by atoms with Crippen LogP contribution in [-0.4, -0.2) is 39.1 Å². The number of amides is 1. The van der Waals surface area contributed by atoms with Crippen molar-refractivity contribution in [3.8, 4) is 16.9 Å². The fourth-order valence-electron chi connectivity index (χ4n) is 2.85. The summed E-state index contributed by atoms with van der Waals surface area (Å²) in [6, 6.07) is 10.4. The molecule has 3 rings (SSSR count). The molecule has 1 heterocycles. The number of carbonyl (C=O) groups is 1. The van der Waals surface area contributed by atoms with E-state index >= 15 is 0 Å². The molecule has 32 heavy (non-hydrogen) atoms. The van der Waals surface area contributed by atoms with Crippen molar-refractivity contribution in [1.82, 2.24) is 15.1 Å². The van der Waals surface area contributed by atoms with Crippen molar-refractivity contribution in [3.05, 3.63) is 81.4 Å². The van der Waals surface area contributed by atoms with Gasteiger partial charge in [-0.3, -0.25) is 9.59 Å². The first-order valence-electron chi connectivity index (χ1n) is 9.19. The van der Waals surface area contributed by atoms with Gasteiger partial charge in [-0.15, -0.1) is 0 Å². The molecule has 2 aromatic carbocycles. The Bertz CT molecular complexity index is 1200. The average molecular weight is 470 g/mol. The molecule has 0 radical (unpaired) electrons. The SMILES string of the molecule is C[C@H](NC(=O)c1cc(-c2ccc(Cl)cc2)nn(-c2cccc(F)c2)c1=O)[C@H](O)C(F)(F)F. The van der Waals surface area contributed by atoms with Crippen molar-refractivity contribution in [3.63, 3.8) is 0 Å². The number of hydrogen-bond donors (Lipinski definition) is 2. The second kappa shape index (κ2) is 9.09. The lowest BCUT2D eigenvalue weighted by Crippen LogP contribution is -2.49. The van der Waals surface area contributed by atoms with Gasteiger partial charge in [0.05, 0.1) is 17.4 Å². The minimum Gasteiger partial charge on any atom is -0.382 e. The van der Waals surface area contributed by atoms with Crippen LogP contribution in [-0.2, 0) is 0 Å². The van der Waals surface area contributed by atoms with Crippen molar-refractivity contribution in [2.24, 2.45) is 0 Å². The van der Waals surface area contributed by atoms with Gasteiger partial charge in [-0.05, 0) is 43.3 Å². The number of benzene rings is 2. The molecule has 2 atom stereocenters. The predicted octanol–water partition coefficient (Wildman–Crippen LogP) is 3.73. The topological polar surface area (TPSA) is 84.2 Å². The van der Waals surface area contributed by atoms with E-state index in [9.17, 15) is 32.3 Å². The van der Waals surface area contributed by atoms with E-state index in [1.54, 1.807) is 12.1 Å². The van der Waals surface area contributed by atoms with E-state index in [-0.39, 0.29) is 11.4 Å². The van der Waals surface area contributed by atoms with E-state index in [1.165, 1.54) is 24.3 Å². The number of aliphatic hydroxyl groups is 1. The summed E-state index contributed by atoms with van der Waals surface area (Å²) < 4.78 is 52.7. The van der Waals surface area contributed by atoms with Crippen molar-refractivity contribution in [2.75, 3.05) is 0 Å². The van der Waals surface area contributed by atoms with Crippen LogP contribution in [0.2, 0.25) is 5.02 Å². The Hall–Kier alpha value is -3.24. The van der Waals surface area contributed by atoms with Gasteiger partial charge in [-0.2, -0.15) is 23.0 Å². The number of nitrogens with zero attached hydrogens (tertiary/aromatic N) is 2. The highest BCUT2D eigenvalue weighted by Gasteiger charge is 2.42. The molecule has 6 nitrogen and oxygen atoms in total. The Labute approximate surface area is 184 Å². The number of aliphatic hydroxyl groups excluding tert-OH is 1. The Morgan fingerprint density at radius 3 is 2.41 bits per heavy atom. The number of nitrogens with one attached hydrogen (secondary N) is 1. The molecule has 1 aromatic heterocycles. The lowest BCUT2D eigenvalue weighted by molar-refractivity contribution is -0.209. The van der Waals surface area contributed by atoms with Gasteiger partial charge in [0.2, 0.25) is 0 Å². The molecule has 0 aliphatic heterocycles. The quantitative estimate of drug-likeness (QED) is 0.558. The van der Waals surface area contributed by atoms with E-state index in [0.29, 0.717) is 10.6 Å². The van der Waals surface area contributed by atoms with E-state index in [1.807, 2.05) is 5.32 Å². The van der Waals surface area contributed by atoms with Crippen LogP contribution in [0, 0.1) is 5.82 Å². The maximum atomic E-state index is 13.7. The number of alkyl halides is 3. The summed E-state index contributed by atoms with van der Waals surface area (Å²) in [5, 5.41) is 15.9. The smallest absolute Gasteiger partial charge is 0.382 e. The largest absolute Gasteiger partial charge is 0.416 e. The molecule has 1 amide bonds. The van der Waals surface area contributed by atoms with Crippen LogP contribution in [0.25, 0.3) is 16.9 Å². The van der Waals surface area contributed by atoms with E-state index in [4.69, 9.17) is 11.6 Å². The molecule has 2 N–H and O–H groups in total. The van der Waals surface area contributed by atoms with Gasteiger partial charge in [-0.1, -0.05) is 29.8 Å². The Morgan fingerprint density at radius 1 is 1.16 bits per heavy atom. The summed E-state index contributed by atoms with van der Waals surface area (Å²) in [5.74, 6) is -1.82. The summed E-state index contributed by atoms with van der Waals surface area (Å²) in [5.41, 5.74) is -0.977. The third kappa shape index (κ3) is 5.14. The van der Waals surface area contributed by atoms with Crippen LogP contribution in [0.1, 0.15) is 17.3 Å². The van der Waals surface area contributed by atoms with Crippen molar-refractivity contribution in [1.29, 1.82) is 0 Å². The molecule has 11 heteroatoms. The zero-order valence-electron chi connectivity index (χ0n) is 16.4. The minimum atomic E-state index is -4.97. The standard InChI is InChI=1S/C21H16ClF4N3O3/c1-11(18(30)21(24,25)26)27-19(31)16-10-17(12-5-7-13(22)8-6-12)28-29(20(16)32)15-4-2-3-14(23)9-15/h2-11,18,30H,1H3,(H,27,31)/t11-,18-/m0/s1. The summed E-state index contributed by atoms with van der Waals surface area (Å²) in [6.07, 6.45) is -7.81. The molecule has 0 bridgehead atoms. The van der Waals surface area contributed by atoms with Crippen molar-refractivity contribution < 1.29 is 27.5 Å². The second-order valence-electron chi connectivity index (χ2n) is 6.90. The fraction of sp³-hybridized carbons (Fsp3) is 0.190. The second-order valence-corrected chi connectivity index (χ2v) is 7.33. The summed E-state index contributed by atoms with van der Waals surface area (Å²) in [7, 11) is 0. The summed E-state index contributed by atoms with van der Waals surface area (Å²) in [4.78, 5) is 25.6. The van der Waals surface area contributed by atoms with Crippen LogP contribution in [0.15, 0.2) is 59.4 Å². The maximum Gasteiger partial charge on any atom is 0.416 e. The zero-order valence-corrected chi connectivity index (χ0v) is 17.2. The first-order valence-corrected chi connectivity index (χ1v) is 9.57. The molecule has 3 aromatic rings. The molecular formula is C21H16ClF4N3O3. The highest BCUT2D eigenvalue weighted by molar-refractivity contribution is 6.30. The summed E-state index contributed by atoms with van der Waals surface area (Å²) in [6.45, 7) is 0.947. The summed E-state index contributed by atoms with van der Waals surface area (Å²) >= 11 is 5.88. The van der Waals surface area contributed by atoms with Gasteiger partial charge in [0, 0.05) is 10.6 Å². The van der Waals surface area contributed by atoms with Crippen LogP contribution >= 0.6 is 11.6 Å². The first kappa shape index (κ1) is 23.4. The normalized spacial score (nSPS) is 13.5. The Morgan fingerprint density at radius 2 is 1.81 bits per heavy atom. The van der Waals surface area contributed by atoms with Gasteiger partial charge in [0.25, 0.3) is 11.5 Å². The molecule has 0 saturated carbocycles. The minimum absolute atomic E-state index is 0.00300. The molecule has 0 fully saturated rings. The van der Waals surface area contributed by atoms with Crippen molar-refractivity contribution in [2.45, 2.75) is 25.2 Å². The van der Waals surface area contributed by atoms with Crippen molar-refractivity contribution >= 4 is 17.5 Å². The molecule has 168 valence electrons. The zero-order chi connectivity index (χ0) is 23.6. The van der Waals surface area contributed by atoms with E-state index < -0.39 is 41.2 Å². The first-order chi connectivity index (χ1) is 15.0. The number of rotatable bonds is 5. The van der Waals surface area contributed by atoms with E-state index in [2.05, 4.69) is 5.10 Å². The van der Waals surface area contributed by atoms with Gasteiger partial charge in [-0.25, -0.2) is 4.39 Å². The lowest BCUT2D eigenvalue weighted by atomic mass is 10.1. The highest BCUT2D eigenvalue weighted by Crippen LogP contribution is 2.23. The monoisotopic (exact) mass is 469 g/mol. The van der Waals surface area contributed by atoms with Crippen LogP contribution < -0.4 is 10.9 Å². The number of hydrogen-bond acceptors (Lipinski definition) is 4. The predicted molar refractivity (Wildman–Crippen MR) is 109 cm³/mol. The van der Waals surface area contributed by atoms with Gasteiger partial charge >= 0.3 is 6.18 Å². The van der Waals surface area contributed by atoms with Gasteiger partial charge < -0.3 is 10.4 Å². The maximum absolute atomic E-state index is 13.7. The van der Waals surface area contributed by atoms with Crippen LogP contribution in [0.4, 0.5) is 17.6 Å². The Kier molecular flexibility index (Phi) is 6.65. The molecular weight excluding hydrogens is 454 g/mol. The Balaban J connectivity index is 2.11. The number of carbonyl (C=O) groups excluding carboxylic acids is 1. The average Bonchev–Trinajstić information content (AvgIpc) is 2.73. The third-order valence-corrected chi connectivity index (χ3v) is 4.77. The van der Waals surface area contributed by atoms with E-state index in [0.717, 1.165) is 29.8 Å². The fourth-order valence-corrected chi connectivity index (χ4v) is 2.97. The molecule has 0 spiro atoms. The molecule has 0 aliphatic rings.